The van der Waals surface area contributed by atoms with Crippen molar-refractivity contribution in [3.8, 4) is 11.3 Å². The van der Waals surface area contributed by atoms with Crippen molar-refractivity contribution in [2.45, 2.75) is 0 Å². The minimum Gasteiger partial charge on any atom is -0.262 e. The molecule has 2 aromatic rings. The van der Waals surface area contributed by atoms with E-state index in [0.29, 0.717) is 5.02 Å². The van der Waals surface area contributed by atoms with Gasteiger partial charge in [-0.25, -0.2) is 0 Å². The number of hydrogen-bond acceptors (Lipinski definition) is 2. The highest BCUT2D eigenvalue weighted by molar-refractivity contribution is 9.10. The Morgan fingerprint density at radius 1 is 1.14 bits per heavy atom. The Balaban J connectivity index is 2.44. The second-order valence-electron chi connectivity index (χ2n) is 2.75. The van der Waals surface area contributed by atoms with E-state index in [9.17, 15) is 0 Å². The smallest absolute Gasteiger partial charge is 0.0718 e. The monoisotopic (exact) mass is 268 g/mol. The Labute approximate surface area is 95.1 Å². The molecule has 0 bridgehead atoms. The van der Waals surface area contributed by atoms with Gasteiger partial charge in [0.05, 0.1) is 10.7 Å². The van der Waals surface area contributed by atoms with Gasteiger partial charge in [-0.1, -0.05) is 11.6 Å². The van der Waals surface area contributed by atoms with Gasteiger partial charge in [-0.3, -0.25) is 9.97 Å². The maximum Gasteiger partial charge on any atom is 0.0718 e. The molecule has 70 valence electrons. The molecule has 0 aliphatic carbocycles. The predicted octanol–water partition coefficient (Wildman–Crippen LogP) is 3.56. The van der Waals surface area contributed by atoms with E-state index < -0.39 is 0 Å². The third-order valence-corrected chi connectivity index (χ3v) is 2.40. The van der Waals surface area contributed by atoms with Crippen LogP contribution in [0.25, 0.3) is 11.3 Å². The SMILES string of the molecule is Clc1cncc(-c2ccc(Br)cn2)c1. The zero-order valence-corrected chi connectivity index (χ0v) is 9.46. The van der Waals surface area contributed by atoms with E-state index in [0.717, 1.165) is 15.7 Å². The maximum absolute atomic E-state index is 5.83. The molecule has 0 aromatic carbocycles. The number of hydrogen-bond donors (Lipinski definition) is 0. The van der Waals surface area contributed by atoms with Gasteiger partial charge in [0.15, 0.2) is 0 Å². The fourth-order valence-electron chi connectivity index (χ4n) is 1.10. The molecule has 0 radical (unpaired) electrons. The van der Waals surface area contributed by atoms with E-state index in [2.05, 4.69) is 25.9 Å². The van der Waals surface area contributed by atoms with Gasteiger partial charge in [0.25, 0.3) is 0 Å². The second-order valence-corrected chi connectivity index (χ2v) is 4.11. The zero-order chi connectivity index (χ0) is 9.97. The van der Waals surface area contributed by atoms with Crippen LogP contribution in [-0.2, 0) is 0 Å². The lowest BCUT2D eigenvalue weighted by atomic mass is 10.2. The predicted molar refractivity (Wildman–Crippen MR) is 60.2 cm³/mol. The molecule has 0 unspecified atom stereocenters. The van der Waals surface area contributed by atoms with Crippen molar-refractivity contribution in [3.05, 3.63) is 46.3 Å². The minimum atomic E-state index is 0.618. The third kappa shape index (κ3) is 2.11. The molecular weight excluding hydrogens is 263 g/mol. The molecule has 0 N–H and O–H groups in total. The molecule has 0 spiro atoms. The van der Waals surface area contributed by atoms with E-state index in [1.54, 1.807) is 18.6 Å². The fourth-order valence-corrected chi connectivity index (χ4v) is 1.51. The summed E-state index contributed by atoms with van der Waals surface area (Å²) in [6.07, 6.45) is 5.09. The highest BCUT2D eigenvalue weighted by Gasteiger charge is 1.99. The van der Waals surface area contributed by atoms with Crippen molar-refractivity contribution in [1.82, 2.24) is 9.97 Å². The summed E-state index contributed by atoms with van der Waals surface area (Å²) in [6.45, 7) is 0. The summed E-state index contributed by atoms with van der Waals surface area (Å²) in [5.74, 6) is 0. The van der Waals surface area contributed by atoms with Gasteiger partial charge in [-0.15, -0.1) is 0 Å². The second kappa shape index (κ2) is 4.07. The average Bonchev–Trinajstić information content (AvgIpc) is 2.19. The number of aromatic nitrogens is 2. The highest BCUT2D eigenvalue weighted by atomic mass is 79.9. The molecular formula is C10H6BrClN2. The Hall–Kier alpha value is -0.930. The van der Waals surface area contributed by atoms with Crippen LogP contribution in [0.1, 0.15) is 0 Å². The van der Waals surface area contributed by atoms with Gasteiger partial charge >= 0.3 is 0 Å². The number of pyridine rings is 2. The van der Waals surface area contributed by atoms with E-state index in [1.165, 1.54) is 0 Å². The molecule has 2 heterocycles. The zero-order valence-electron chi connectivity index (χ0n) is 7.11. The molecule has 0 aliphatic rings. The summed E-state index contributed by atoms with van der Waals surface area (Å²) in [4.78, 5) is 8.24. The van der Waals surface area contributed by atoms with Crippen molar-refractivity contribution in [3.63, 3.8) is 0 Å². The van der Waals surface area contributed by atoms with Gasteiger partial charge in [0, 0.05) is 28.6 Å². The van der Waals surface area contributed by atoms with Crippen LogP contribution < -0.4 is 0 Å². The van der Waals surface area contributed by atoms with Gasteiger partial charge in [-0.2, -0.15) is 0 Å². The number of halogens is 2. The third-order valence-electron chi connectivity index (χ3n) is 1.73. The van der Waals surface area contributed by atoms with Crippen molar-refractivity contribution >= 4 is 27.5 Å². The standard InChI is InChI=1S/C10H6BrClN2/c11-8-1-2-10(14-5-8)7-3-9(12)6-13-4-7/h1-6H. The molecule has 0 atom stereocenters. The van der Waals surface area contributed by atoms with E-state index >= 15 is 0 Å². The summed E-state index contributed by atoms with van der Waals surface area (Å²) in [5, 5.41) is 0.618. The van der Waals surface area contributed by atoms with Crippen molar-refractivity contribution in [1.29, 1.82) is 0 Å². The van der Waals surface area contributed by atoms with Crippen LogP contribution in [-0.4, -0.2) is 9.97 Å². The molecule has 0 saturated heterocycles. The van der Waals surface area contributed by atoms with Crippen molar-refractivity contribution in [2.75, 3.05) is 0 Å². The molecule has 0 amide bonds. The molecule has 0 saturated carbocycles. The summed E-state index contributed by atoms with van der Waals surface area (Å²) >= 11 is 9.15. The Morgan fingerprint density at radius 3 is 2.64 bits per heavy atom. The van der Waals surface area contributed by atoms with Crippen molar-refractivity contribution < 1.29 is 0 Å². The number of nitrogens with zero attached hydrogens (tertiary/aromatic N) is 2. The van der Waals surface area contributed by atoms with Crippen LogP contribution in [0.2, 0.25) is 5.02 Å². The Morgan fingerprint density at radius 2 is 2.00 bits per heavy atom. The first-order valence-electron chi connectivity index (χ1n) is 3.98. The molecule has 2 rings (SSSR count). The molecule has 4 heteroatoms. The summed E-state index contributed by atoms with van der Waals surface area (Å²) in [6, 6.07) is 5.69. The normalized spacial score (nSPS) is 10.1. The van der Waals surface area contributed by atoms with Crippen LogP contribution in [0.15, 0.2) is 41.3 Å². The summed E-state index contributed by atoms with van der Waals surface area (Å²) in [5.41, 5.74) is 1.79. The van der Waals surface area contributed by atoms with E-state index in [1.807, 2.05) is 18.2 Å². The molecule has 2 aromatic heterocycles. The van der Waals surface area contributed by atoms with Crippen LogP contribution >= 0.6 is 27.5 Å². The maximum atomic E-state index is 5.83. The van der Waals surface area contributed by atoms with Crippen LogP contribution in [0.5, 0.6) is 0 Å². The van der Waals surface area contributed by atoms with Gasteiger partial charge in [0.2, 0.25) is 0 Å². The van der Waals surface area contributed by atoms with Gasteiger partial charge in [0.1, 0.15) is 0 Å². The van der Waals surface area contributed by atoms with Crippen LogP contribution in [0.4, 0.5) is 0 Å². The Bertz CT molecular complexity index is 442. The first-order chi connectivity index (χ1) is 6.75. The number of rotatable bonds is 1. The van der Waals surface area contributed by atoms with E-state index in [4.69, 9.17) is 11.6 Å². The molecule has 14 heavy (non-hydrogen) atoms. The topological polar surface area (TPSA) is 25.8 Å². The first kappa shape index (κ1) is 9.62. The lowest BCUT2D eigenvalue weighted by Crippen LogP contribution is -1.83. The van der Waals surface area contributed by atoms with Crippen LogP contribution in [0.3, 0.4) is 0 Å². The van der Waals surface area contributed by atoms with E-state index in [-0.39, 0.29) is 0 Å². The first-order valence-corrected chi connectivity index (χ1v) is 5.15. The minimum absolute atomic E-state index is 0.618. The quantitative estimate of drug-likeness (QED) is 0.791. The summed E-state index contributed by atoms with van der Waals surface area (Å²) in [7, 11) is 0. The highest BCUT2D eigenvalue weighted by Crippen LogP contribution is 2.20. The van der Waals surface area contributed by atoms with Gasteiger partial charge in [-0.05, 0) is 34.1 Å². The average molecular weight is 270 g/mol. The lowest BCUT2D eigenvalue weighted by Gasteiger charge is -2.00. The molecule has 0 aliphatic heterocycles. The molecule has 2 nitrogen and oxygen atoms in total. The van der Waals surface area contributed by atoms with Gasteiger partial charge < -0.3 is 0 Å². The fraction of sp³-hybridized carbons (Fsp3) is 0. The van der Waals surface area contributed by atoms with Crippen molar-refractivity contribution in [2.24, 2.45) is 0 Å². The Kier molecular flexibility index (Phi) is 2.79. The lowest BCUT2D eigenvalue weighted by molar-refractivity contribution is 1.27. The molecule has 0 fully saturated rings. The van der Waals surface area contributed by atoms with Crippen LogP contribution in [0, 0.1) is 0 Å². The summed E-state index contributed by atoms with van der Waals surface area (Å²) < 4.78 is 0.955. The largest absolute Gasteiger partial charge is 0.262 e.